The monoisotopic (exact) mass is 355 g/mol. The number of carbonyl (C=O) groups excluding carboxylic acids is 2. The Bertz CT molecular complexity index is 715. The lowest BCUT2D eigenvalue weighted by molar-refractivity contribution is -0.149. The molecule has 7 nitrogen and oxygen atoms in total. The van der Waals surface area contributed by atoms with Gasteiger partial charge in [-0.15, -0.1) is 0 Å². The number of methoxy groups -OCH3 is 1. The molecule has 1 atom stereocenters. The van der Waals surface area contributed by atoms with Crippen molar-refractivity contribution in [2.75, 3.05) is 26.8 Å². The summed E-state index contributed by atoms with van der Waals surface area (Å²) >= 11 is 0. The summed E-state index contributed by atoms with van der Waals surface area (Å²) in [6.45, 7) is 2.40. The molecule has 2 rings (SSSR count). The predicted octanol–water partition coefficient (Wildman–Crippen LogP) is 1.44. The van der Waals surface area contributed by atoms with Crippen LogP contribution in [0.25, 0.3) is 0 Å². The first-order valence-electron chi connectivity index (χ1n) is 7.75. The van der Waals surface area contributed by atoms with Gasteiger partial charge < -0.3 is 9.47 Å². The Morgan fingerprint density at radius 3 is 2.75 bits per heavy atom. The van der Waals surface area contributed by atoms with E-state index in [1.165, 1.54) is 35.7 Å². The normalized spacial score (nSPS) is 18.8. The van der Waals surface area contributed by atoms with Crippen LogP contribution in [0.4, 0.5) is 0 Å². The lowest BCUT2D eigenvalue weighted by atomic mass is 10.0. The van der Waals surface area contributed by atoms with Crippen LogP contribution in [0.5, 0.6) is 0 Å². The average Bonchev–Trinajstić information content (AvgIpc) is 2.61. The highest BCUT2D eigenvalue weighted by Gasteiger charge is 2.34. The van der Waals surface area contributed by atoms with Gasteiger partial charge in [0.25, 0.3) is 0 Å². The number of hydrogen-bond acceptors (Lipinski definition) is 6. The predicted molar refractivity (Wildman–Crippen MR) is 85.9 cm³/mol. The second kappa shape index (κ2) is 7.76. The third kappa shape index (κ3) is 3.93. The molecule has 1 aromatic carbocycles. The van der Waals surface area contributed by atoms with Crippen LogP contribution in [-0.2, 0) is 24.3 Å². The number of esters is 2. The van der Waals surface area contributed by atoms with E-state index in [4.69, 9.17) is 4.74 Å². The van der Waals surface area contributed by atoms with Crippen molar-refractivity contribution < 1.29 is 27.5 Å². The molecule has 1 saturated heterocycles. The summed E-state index contributed by atoms with van der Waals surface area (Å²) in [7, 11) is -2.56. The standard InChI is InChI=1S/C16H21NO6S/c1-3-23-16(19)13-7-5-9-17(11-13)24(20,21)14-8-4-6-12(10-14)15(18)22-2/h4,6,8,10,13H,3,5,7,9,11H2,1-2H3. The Morgan fingerprint density at radius 1 is 1.33 bits per heavy atom. The number of rotatable bonds is 5. The summed E-state index contributed by atoms with van der Waals surface area (Å²) in [6.07, 6.45) is 1.19. The Balaban J connectivity index is 2.23. The summed E-state index contributed by atoms with van der Waals surface area (Å²) in [5.74, 6) is -1.44. The zero-order valence-electron chi connectivity index (χ0n) is 13.7. The van der Waals surface area contributed by atoms with Gasteiger partial charge in [-0.25, -0.2) is 13.2 Å². The van der Waals surface area contributed by atoms with Gasteiger partial charge in [0.05, 0.1) is 30.1 Å². The highest BCUT2D eigenvalue weighted by Crippen LogP contribution is 2.25. The van der Waals surface area contributed by atoms with E-state index in [0.717, 1.165) is 0 Å². The van der Waals surface area contributed by atoms with Gasteiger partial charge in [0, 0.05) is 13.1 Å². The van der Waals surface area contributed by atoms with E-state index in [2.05, 4.69) is 4.74 Å². The molecule has 0 amide bonds. The molecule has 0 aliphatic carbocycles. The second-order valence-corrected chi connectivity index (χ2v) is 7.41. The van der Waals surface area contributed by atoms with E-state index in [0.29, 0.717) is 19.4 Å². The first-order valence-corrected chi connectivity index (χ1v) is 9.19. The summed E-state index contributed by atoms with van der Waals surface area (Å²) in [5, 5.41) is 0. The Kier molecular flexibility index (Phi) is 5.95. The van der Waals surface area contributed by atoms with E-state index in [9.17, 15) is 18.0 Å². The van der Waals surface area contributed by atoms with Gasteiger partial charge in [0.2, 0.25) is 10.0 Å². The Hall–Kier alpha value is -1.93. The number of nitrogens with zero attached hydrogens (tertiary/aromatic N) is 1. The molecule has 132 valence electrons. The zero-order chi connectivity index (χ0) is 17.7. The molecule has 0 N–H and O–H groups in total. The van der Waals surface area contributed by atoms with E-state index in [1.54, 1.807) is 6.92 Å². The molecule has 24 heavy (non-hydrogen) atoms. The Labute approximate surface area is 141 Å². The topological polar surface area (TPSA) is 90.0 Å². The average molecular weight is 355 g/mol. The van der Waals surface area contributed by atoms with Crippen molar-refractivity contribution in [1.82, 2.24) is 4.31 Å². The van der Waals surface area contributed by atoms with Crippen molar-refractivity contribution in [2.45, 2.75) is 24.7 Å². The fraction of sp³-hybridized carbons (Fsp3) is 0.500. The van der Waals surface area contributed by atoms with Crippen LogP contribution in [0.1, 0.15) is 30.1 Å². The maximum atomic E-state index is 12.8. The first kappa shape index (κ1) is 18.4. The number of hydrogen-bond donors (Lipinski definition) is 0. The third-order valence-electron chi connectivity index (χ3n) is 3.90. The minimum Gasteiger partial charge on any atom is -0.466 e. The van der Waals surface area contributed by atoms with Crippen molar-refractivity contribution in [3.8, 4) is 0 Å². The molecule has 1 unspecified atom stereocenters. The van der Waals surface area contributed by atoms with Gasteiger partial charge >= 0.3 is 11.9 Å². The smallest absolute Gasteiger partial charge is 0.337 e. The molecule has 0 radical (unpaired) electrons. The van der Waals surface area contributed by atoms with Gasteiger partial charge in [0.15, 0.2) is 0 Å². The summed E-state index contributed by atoms with van der Waals surface area (Å²) in [6, 6.07) is 5.69. The second-order valence-electron chi connectivity index (χ2n) is 5.47. The van der Waals surface area contributed by atoms with Crippen molar-refractivity contribution in [2.24, 2.45) is 5.92 Å². The Morgan fingerprint density at radius 2 is 2.08 bits per heavy atom. The van der Waals surface area contributed by atoms with Gasteiger partial charge in [-0.2, -0.15) is 4.31 Å². The first-order chi connectivity index (χ1) is 11.4. The van der Waals surface area contributed by atoms with E-state index < -0.39 is 21.9 Å². The highest BCUT2D eigenvalue weighted by atomic mass is 32.2. The minimum absolute atomic E-state index is 0.00917. The van der Waals surface area contributed by atoms with Crippen LogP contribution < -0.4 is 0 Å². The third-order valence-corrected chi connectivity index (χ3v) is 5.76. The van der Waals surface area contributed by atoms with Crippen molar-refractivity contribution in [1.29, 1.82) is 0 Å². The van der Waals surface area contributed by atoms with E-state index in [1.807, 2.05) is 0 Å². The summed E-state index contributed by atoms with van der Waals surface area (Å²) in [5.41, 5.74) is 0.164. The summed E-state index contributed by atoms with van der Waals surface area (Å²) < 4.78 is 36.5. The molecule has 0 aromatic heterocycles. The van der Waals surface area contributed by atoms with Crippen LogP contribution in [0, 0.1) is 5.92 Å². The van der Waals surface area contributed by atoms with Crippen LogP contribution in [-0.4, -0.2) is 51.5 Å². The van der Waals surface area contributed by atoms with Crippen molar-refractivity contribution in [3.63, 3.8) is 0 Å². The lowest BCUT2D eigenvalue weighted by Gasteiger charge is -2.30. The van der Waals surface area contributed by atoms with Crippen LogP contribution in [0.3, 0.4) is 0 Å². The van der Waals surface area contributed by atoms with Crippen LogP contribution in [0.15, 0.2) is 29.2 Å². The molecular formula is C16H21NO6S. The maximum absolute atomic E-state index is 12.8. The van der Waals surface area contributed by atoms with Gasteiger partial charge in [-0.3, -0.25) is 4.79 Å². The SMILES string of the molecule is CCOC(=O)C1CCCN(S(=O)(=O)c2cccc(C(=O)OC)c2)C1. The fourth-order valence-electron chi connectivity index (χ4n) is 2.66. The lowest BCUT2D eigenvalue weighted by Crippen LogP contribution is -2.42. The van der Waals surface area contributed by atoms with Crippen molar-refractivity contribution in [3.05, 3.63) is 29.8 Å². The molecule has 1 aromatic rings. The number of ether oxygens (including phenoxy) is 2. The highest BCUT2D eigenvalue weighted by molar-refractivity contribution is 7.89. The van der Waals surface area contributed by atoms with Gasteiger partial charge in [-0.05, 0) is 38.0 Å². The molecule has 1 aliphatic rings. The van der Waals surface area contributed by atoms with Crippen molar-refractivity contribution >= 4 is 22.0 Å². The molecule has 0 saturated carbocycles. The molecular weight excluding hydrogens is 334 g/mol. The molecule has 8 heteroatoms. The number of sulfonamides is 1. The maximum Gasteiger partial charge on any atom is 0.337 e. The minimum atomic E-state index is -3.79. The van der Waals surface area contributed by atoms with Crippen LogP contribution in [0.2, 0.25) is 0 Å². The molecule has 0 spiro atoms. The fourth-order valence-corrected chi connectivity index (χ4v) is 4.23. The van der Waals surface area contributed by atoms with Gasteiger partial charge in [0.1, 0.15) is 0 Å². The zero-order valence-corrected chi connectivity index (χ0v) is 14.5. The number of carbonyl (C=O) groups is 2. The number of piperidine rings is 1. The number of benzene rings is 1. The molecule has 1 fully saturated rings. The van der Waals surface area contributed by atoms with E-state index in [-0.39, 0.29) is 29.6 Å². The summed E-state index contributed by atoms with van der Waals surface area (Å²) in [4.78, 5) is 23.5. The molecule has 0 bridgehead atoms. The molecule has 1 aliphatic heterocycles. The molecule has 1 heterocycles. The quantitative estimate of drug-likeness (QED) is 0.743. The van der Waals surface area contributed by atoms with E-state index >= 15 is 0 Å². The van der Waals surface area contributed by atoms with Gasteiger partial charge in [-0.1, -0.05) is 6.07 Å². The van der Waals surface area contributed by atoms with Crippen LogP contribution >= 0.6 is 0 Å². The largest absolute Gasteiger partial charge is 0.466 e.